The molecular formula is C10H14BrNO2. The van der Waals surface area contributed by atoms with Crippen LogP contribution in [0.3, 0.4) is 0 Å². The molecule has 0 spiro atoms. The Morgan fingerprint density at radius 1 is 1.43 bits per heavy atom. The highest BCUT2D eigenvalue weighted by molar-refractivity contribution is 9.10. The Labute approximate surface area is 92.0 Å². The van der Waals surface area contributed by atoms with Gasteiger partial charge in [-0.15, -0.1) is 0 Å². The van der Waals surface area contributed by atoms with Crippen molar-refractivity contribution in [2.45, 2.75) is 12.5 Å². The van der Waals surface area contributed by atoms with E-state index in [4.69, 9.17) is 10.5 Å². The lowest BCUT2D eigenvalue weighted by Gasteiger charge is -2.10. The second-order valence-corrected chi connectivity index (χ2v) is 3.81. The Morgan fingerprint density at radius 2 is 2.14 bits per heavy atom. The van der Waals surface area contributed by atoms with E-state index >= 15 is 0 Å². The number of benzene rings is 1. The lowest BCUT2D eigenvalue weighted by molar-refractivity contribution is 0.146. The second kappa shape index (κ2) is 6.01. The van der Waals surface area contributed by atoms with Gasteiger partial charge in [-0.1, -0.05) is 12.1 Å². The van der Waals surface area contributed by atoms with Crippen LogP contribution in [0.25, 0.3) is 0 Å². The summed E-state index contributed by atoms with van der Waals surface area (Å²) in [5, 5.41) is 9.19. The Bertz CT molecular complexity index is 281. The fraction of sp³-hybridized carbons (Fsp3) is 0.400. The van der Waals surface area contributed by atoms with Gasteiger partial charge in [0, 0.05) is 13.0 Å². The quantitative estimate of drug-likeness (QED) is 0.844. The molecule has 0 heterocycles. The van der Waals surface area contributed by atoms with Crippen LogP contribution in [-0.2, 0) is 0 Å². The molecule has 0 saturated carbocycles. The third-order valence-electron chi connectivity index (χ3n) is 1.82. The van der Waals surface area contributed by atoms with Crippen LogP contribution < -0.4 is 10.5 Å². The third kappa shape index (κ3) is 3.65. The first-order valence-corrected chi connectivity index (χ1v) is 5.29. The molecule has 78 valence electrons. The van der Waals surface area contributed by atoms with Crippen molar-refractivity contribution in [2.24, 2.45) is 5.73 Å². The summed E-state index contributed by atoms with van der Waals surface area (Å²) >= 11 is 3.37. The number of rotatable bonds is 5. The van der Waals surface area contributed by atoms with Crippen LogP contribution in [0.2, 0.25) is 0 Å². The maximum absolute atomic E-state index is 9.19. The smallest absolute Gasteiger partial charge is 0.133 e. The van der Waals surface area contributed by atoms with Gasteiger partial charge in [0.25, 0.3) is 0 Å². The monoisotopic (exact) mass is 259 g/mol. The van der Waals surface area contributed by atoms with Crippen molar-refractivity contribution >= 4 is 15.9 Å². The van der Waals surface area contributed by atoms with E-state index in [1.807, 2.05) is 24.3 Å². The van der Waals surface area contributed by atoms with Crippen molar-refractivity contribution in [3.05, 3.63) is 28.7 Å². The highest BCUT2D eigenvalue weighted by Crippen LogP contribution is 2.23. The number of hydrogen-bond acceptors (Lipinski definition) is 3. The summed E-state index contributed by atoms with van der Waals surface area (Å²) < 4.78 is 6.37. The van der Waals surface area contributed by atoms with Gasteiger partial charge in [0.15, 0.2) is 0 Å². The number of hydrogen-bond donors (Lipinski definition) is 2. The molecule has 0 aliphatic carbocycles. The van der Waals surface area contributed by atoms with Crippen molar-refractivity contribution in [3.8, 4) is 5.75 Å². The summed E-state index contributed by atoms with van der Waals surface area (Å²) in [6.45, 7) is 0.750. The molecule has 14 heavy (non-hydrogen) atoms. The van der Waals surface area contributed by atoms with Gasteiger partial charge in [0.05, 0.1) is 17.2 Å². The van der Waals surface area contributed by atoms with Gasteiger partial charge in [0.2, 0.25) is 0 Å². The van der Waals surface area contributed by atoms with E-state index < -0.39 is 6.10 Å². The summed E-state index contributed by atoms with van der Waals surface area (Å²) in [4.78, 5) is 0. The highest BCUT2D eigenvalue weighted by Gasteiger charge is 2.02. The number of aliphatic hydroxyl groups excluding tert-OH is 1. The van der Waals surface area contributed by atoms with E-state index in [0.29, 0.717) is 13.0 Å². The molecule has 3 N–H and O–H groups in total. The molecule has 1 unspecified atom stereocenters. The molecule has 3 nitrogen and oxygen atoms in total. The Hall–Kier alpha value is -0.580. The van der Waals surface area contributed by atoms with E-state index in [1.54, 1.807) is 0 Å². The van der Waals surface area contributed by atoms with E-state index in [9.17, 15) is 5.11 Å². The molecular weight excluding hydrogens is 246 g/mol. The molecule has 1 rings (SSSR count). The zero-order valence-electron chi connectivity index (χ0n) is 7.82. The van der Waals surface area contributed by atoms with Crippen LogP contribution in [0, 0.1) is 0 Å². The average Bonchev–Trinajstić information content (AvgIpc) is 2.20. The highest BCUT2D eigenvalue weighted by atomic mass is 79.9. The summed E-state index contributed by atoms with van der Waals surface area (Å²) in [5.41, 5.74) is 5.27. The minimum atomic E-state index is -0.475. The molecule has 0 amide bonds. The molecule has 4 heteroatoms. The van der Waals surface area contributed by atoms with E-state index in [0.717, 1.165) is 10.2 Å². The van der Waals surface area contributed by atoms with Crippen LogP contribution in [0.15, 0.2) is 28.7 Å². The normalized spacial score (nSPS) is 12.5. The third-order valence-corrected chi connectivity index (χ3v) is 2.47. The molecule has 0 aliphatic rings. The van der Waals surface area contributed by atoms with Crippen LogP contribution in [0.1, 0.15) is 6.42 Å². The molecule has 0 saturated heterocycles. The van der Waals surface area contributed by atoms with Crippen LogP contribution >= 0.6 is 15.9 Å². The van der Waals surface area contributed by atoms with Crippen molar-refractivity contribution in [3.63, 3.8) is 0 Å². The predicted octanol–water partition coefficient (Wildman–Crippen LogP) is 1.54. The van der Waals surface area contributed by atoms with Gasteiger partial charge in [-0.25, -0.2) is 0 Å². The van der Waals surface area contributed by atoms with Gasteiger partial charge in [0.1, 0.15) is 5.75 Å². The summed E-state index contributed by atoms with van der Waals surface area (Å²) in [5.74, 6) is 0.789. The first-order chi connectivity index (χ1) is 6.74. The summed E-state index contributed by atoms with van der Waals surface area (Å²) in [7, 11) is 0. The molecule has 1 aromatic rings. The minimum Gasteiger partial charge on any atom is -0.492 e. The predicted molar refractivity (Wildman–Crippen MR) is 59.3 cm³/mol. The summed E-state index contributed by atoms with van der Waals surface area (Å²) in [6, 6.07) is 7.61. The fourth-order valence-electron chi connectivity index (χ4n) is 0.985. The maximum atomic E-state index is 9.19. The molecule has 1 aromatic carbocycles. The molecule has 0 aromatic heterocycles. The maximum Gasteiger partial charge on any atom is 0.133 e. The van der Waals surface area contributed by atoms with Gasteiger partial charge >= 0.3 is 0 Å². The summed E-state index contributed by atoms with van der Waals surface area (Å²) in [6.07, 6.45) is 0.0789. The Morgan fingerprint density at radius 3 is 2.79 bits per heavy atom. The SMILES string of the molecule is NCC(O)CCOc1ccccc1Br. The Kier molecular flexibility index (Phi) is 4.93. The lowest BCUT2D eigenvalue weighted by Crippen LogP contribution is -2.21. The van der Waals surface area contributed by atoms with Crippen LogP contribution in [0.4, 0.5) is 0 Å². The number of halogens is 1. The standard InChI is InChI=1S/C10H14BrNO2/c11-9-3-1-2-4-10(9)14-6-5-8(13)7-12/h1-4,8,13H,5-7,12H2. The molecule has 0 fully saturated rings. The minimum absolute atomic E-state index is 0.277. The molecule has 1 atom stereocenters. The van der Waals surface area contributed by atoms with Gasteiger partial charge in [-0.2, -0.15) is 0 Å². The lowest BCUT2D eigenvalue weighted by atomic mass is 10.3. The number of nitrogens with two attached hydrogens (primary N) is 1. The first kappa shape index (κ1) is 11.5. The second-order valence-electron chi connectivity index (χ2n) is 2.96. The van der Waals surface area contributed by atoms with E-state index in [2.05, 4.69) is 15.9 Å². The van der Waals surface area contributed by atoms with Gasteiger partial charge < -0.3 is 15.6 Å². The molecule has 0 aliphatic heterocycles. The molecule has 0 radical (unpaired) electrons. The van der Waals surface area contributed by atoms with Crippen molar-refractivity contribution in [1.29, 1.82) is 0 Å². The van der Waals surface area contributed by atoms with Crippen molar-refractivity contribution in [1.82, 2.24) is 0 Å². The number of ether oxygens (including phenoxy) is 1. The number of aliphatic hydroxyl groups is 1. The molecule has 0 bridgehead atoms. The van der Waals surface area contributed by atoms with Crippen LogP contribution in [0.5, 0.6) is 5.75 Å². The van der Waals surface area contributed by atoms with Crippen LogP contribution in [-0.4, -0.2) is 24.4 Å². The number of para-hydroxylation sites is 1. The first-order valence-electron chi connectivity index (χ1n) is 4.49. The average molecular weight is 260 g/mol. The zero-order valence-corrected chi connectivity index (χ0v) is 9.40. The van der Waals surface area contributed by atoms with E-state index in [1.165, 1.54) is 0 Å². The van der Waals surface area contributed by atoms with Crippen molar-refractivity contribution in [2.75, 3.05) is 13.2 Å². The van der Waals surface area contributed by atoms with E-state index in [-0.39, 0.29) is 6.54 Å². The largest absolute Gasteiger partial charge is 0.492 e. The zero-order chi connectivity index (χ0) is 10.4. The van der Waals surface area contributed by atoms with Crippen molar-refractivity contribution < 1.29 is 9.84 Å². The Balaban J connectivity index is 2.35. The topological polar surface area (TPSA) is 55.5 Å². The van der Waals surface area contributed by atoms with Gasteiger partial charge in [-0.3, -0.25) is 0 Å². The fourth-order valence-corrected chi connectivity index (χ4v) is 1.38. The van der Waals surface area contributed by atoms with Gasteiger partial charge in [-0.05, 0) is 28.1 Å².